The van der Waals surface area contributed by atoms with Crippen molar-refractivity contribution in [2.24, 2.45) is 5.92 Å². The number of halogens is 3. The number of ether oxygens (including phenoxy) is 1. The highest BCUT2D eigenvalue weighted by Crippen LogP contribution is 2.34. The summed E-state index contributed by atoms with van der Waals surface area (Å²) in [5, 5.41) is 4.49. The maximum atomic E-state index is 6.12. The van der Waals surface area contributed by atoms with Crippen LogP contribution in [0.25, 0.3) is 0 Å². The third-order valence-corrected chi connectivity index (χ3v) is 2.79. The summed E-state index contributed by atoms with van der Waals surface area (Å²) in [7, 11) is 0. The molecule has 2 nitrogen and oxygen atoms in total. The van der Waals surface area contributed by atoms with Crippen molar-refractivity contribution in [2.75, 3.05) is 13.2 Å². The van der Waals surface area contributed by atoms with Crippen LogP contribution in [0.2, 0.25) is 10.0 Å². The fourth-order valence-electron chi connectivity index (χ4n) is 1.50. The smallest absolute Gasteiger partial charge is 0.156 e. The van der Waals surface area contributed by atoms with Gasteiger partial charge in [0.25, 0.3) is 0 Å². The van der Waals surface area contributed by atoms with Gasteiger partial charge in [-0.05, 0) is 37.1 Å². The molecule has 0 atom stereocenters. The van der Waals surface area contributed by atoms with Gasteiger partial charge < -0.3 is 22.5 Å². The molecule has 0 spiro atoms. The van der Waals surface area contributed by atoms with E-state index in [2.05, 4.69) is 19.2 Å². The van der Waals surface area contributed by atoms with Gasteiger partial charge in [0.1, 0.15) is 0 Å². The topological polar surface area (TPSA) is 21.3 Å². The van der Waals surface area contributed by atoms with Gasteiger partial charge in [-0.1, -0.05) is 37.0 Å². The molecule has 1 aromatic carbocycles. The van der Waals surface area contributed by atoms with Crippen LogP contribution >= 0.6 is 23.2 Å². The standard InChI is InChI=1S/C13H19Cl2NO.ClH/c1-4-17-13-11(14)5-10(6-12(13)15)8-16-7-9(2)3;/h5-6,9,16H,4,7-8H2,1-3H3;1H/p-1. The molecule has 104 valence electrons. The molecule has 18 heavy (non-hydrogen) atoms. The van der Waals surface area contributed by atoms with Gasteiger partial charge in [0.15, 0.2) is 5.75 Å². The number of hydrogen-bond acceptors (Lipinski definition) is 2. The first-order valence-corrected chi connectivity index (χ1v) is 6.61. The lowest BCUT2D eigenvalue weighted by atomic mass is 10.2. The van der Waals surface area contributed by atoms with Crippen molar-refractivity contribution in [2.45, 2.75) is 27.3 Å². The Morgan fingerprint density at radius 1 is 1.22 bits per heavy atom. The van der Waals surface area contributed by atoms with Crippen LogP contribution in [0.15, 0.2) is 12.1 Å². The molecule has 0 bridgehead atoms. The van der Waals surface area contributed by atoms with Gasteiger partial charge in [-0.2, -0.15) is 0 Å². The third-order valence-electron chi connectivity index (χ3n) is 2.23. The summed E-state index contributed by atoms with van der Waals surface area (Å²) in [5.74, 6) is 1.20. The zero-order valence-corrected chi connectivity index (χ0v) is 13.2. The Hall–Kier alpha value is -0.150. The first kappa shape index (κ1) is 17.8. The summed E-state index contributed by atoms with van der Waals surface area (Å²) in [6, 6.07) is 3.79. The first-order chi connectivity index (χ1) is 8.04. The van der Waals surface area contributed by atoms with Crippen molar-refractivity contribution in [1.29, 1.82) is 0 Å². The second-order valence-electron chi connectivity index (χ2n) is 4.35. The second-order valence-corrected chi connectivity index (χ2v) is 5.16. The number of rotatable bonds is 6. The Bertz CT molecular complexity index is 346. The first-order valence-electron chi connectivity index (χ1n) is 5.86. The lowest BCUT2D eigenvalue weighted by Crippen LogP contribution is -3.00. The summed E-state index contributed by atoms with van der Waals surface area (Å²) in [5.41, 5.74) is 1.07. The Labute approximate surface area is 125 Å². The predicted molar refractivity (Wildman–Crippen MR) is 74.2 cm³/mol. The zero-order valence-electron chi connectivity index (χ0n) is 10.9. The summed E-state index contributed by atoms with van der Waals surface area (Å²) >= 11 is 12.2. The molecule has 1 aromatic rings. The molecular formula is C13H19Cl3NO-. The molecule has 0 aliphatic carbocycles. The largest absolute Gasteiger partial charge is 1.00 e. The molecule has 0 fully saturated rings. The van der Waals surface area contributed by atoms with Crippen molar-refractivity contribution < 1.29 is 17.1 Å². The Kier molecular flexibility index (Phi) is 8.79. The molecule has 0 radical (unpaired) electrons. The highest BCUT2D eigenvalue weighted by atomic mass is 35.5. The van der Waals surface area contributed by atoms with Gasteiger partial charge in [0.05, 0.1) is 16.7 Å². The van der Waals surface area contributed by atoms with Gasteiger partial charge in [-0.15, -0.1) is 0 Å². The average molecular weight is 312 g/mol. The fraction of sp³-hybridized carbons (Fsp3) is 0.538. The van der Waals surface area contributed by atoms with Crippen LogP contribution in [0.1, 0.15) is 26.3 Å². The quantitative estimate of drug-likeness (QED) is 0.851. The predicted octanol–water partition coefficient (Wildman–Crippen LogP) is 1.14. The molecule has 0 heterocycles. The van der Waals surface area contributed by atoms with E-state index >= 15 is 0 Å². The van der Waals surface area contributed by atoms with Crippen molar-refractivity contribution in [3.8, 4) is 5.75 Å². The maximum Gasteiger partial charge on any atom is 0.156 e. The molecule has 0 amide bonds. The molecule has 1 rings (SSSR count). The number of hydrogen-bond donors (Lipinski definition) is 1. The maximum absolute atomic E-state index is 6.12. The van der Waals surface area contributed by atoms with Crippen molar-refractivity contribution in [1.82, 2.24) is 5.32 Å². The van der Waals surface area contributed by atoms with Crippen LogP contribution in [-0.4, -0.2) is 13.2 Å². The van der Waals surface area contributed by atoms with Gasteiger partial charge in [-0.3, -0.25) is 0 Å². The van der Waals surface area contributed by atoms with Gasteiger partial charge in [0.2, 0.25) is 0 Å². The van der Waals surface area contributed by atoms with E-state index in [1.165, 1.54) is 0 Å². The van der Waals surface area contributed by atoms with E-state index in [4.69, 9.17) is 27.9 Å². The normalized spacial score (nSPS) is 10.3. The highest BCUT2D eigenvalue weighted by molar-refractivity contribution is 6.37. The average Bonchev–Trinajstić information content (AvgIpc) is 2.23. The van der Waals surface area contributed by atoms with E-state index in [0.717, 1.165) is 18.7 Å². The van der Waals surface area contributed by atoms with Crippen LogP contribution in [0.5, 0.6) is 5.75 Å². The van der Waals surface area contributed by atoms with Crippen molar-refractivity contribution in [3.63, 3.8) is 0 Å². The molecule has 0 saturated carbocycles. The van der Waals surface area contributed by atoms with Crippen LogP contribution in [-0.2, 0) is 6.54 Å². The summed E-state index contributed by atoms with van der Waals surface area (Å²) < 4.78 is 5.38. The van der Waals surface area contributed by atoms with Crippen LogP contribution < -0.4 is 22.5 Å². The molecule has 1 N–H and O–H groups in total. The number of nitrogens with one attached hydrogen (secondary N) is 1. The highest BCUT2D eigenvalue weighted by Gasteiger charge is 2.09. The minimum atomic E-state index is 0. The summed E-state index contributed by atoms with van der Waals surface area (Å²) in [4.78, 5) is 0. The van der Waals surface area contributed by atoms with E-state index in [-0.39, 0.29) is 12.4 Å². The molecule has 0 unspecified atom stereocenters. The molecule has 0 aliphatic heterocycles. The van der Waals surface area contributed by atoms with Crippen molar-refractivity contribution in [3.05, 3.63) is 27.7 Å². The molecule has 0 aromatic heterocycles. The summed E-state index contributed by atoms with van der Waals surface area (Å²) in [6.45, 7) is 8.55. The molecule has 0 aliphatic rings. The monoisotopic (exact) mass is 310 g/mol. The van der Waals surface area contributed by atoms with E-state index in [1.54, 1.807) is 0 Å². The Morgan fingerprint density at radius 2 is 1.78 bits per heavy atom. The van der Waals surface area contributed by atoms with E-state index in [0.29, 0.717) is 28.3 Å². The van der Waals surface area contributed by atoms with E-state index in [9.17, 15) is 0 Å². The van der Waals surface area contributed by atoms with Crippen LogP contribution in [0, 0.1) is 5.92 Å². The Balaban J connectivity index is 0.00000289. The lowest BCUT2D eigenvalue weighted by Gasteiger charge is -2.11. The van der Waals surface area contributed by atoms with Gasteiger partial charge >= 0.3 is 0 Å². The van der Waals surface area contributed by atoms with E-state index < -0.39 is 0 Å². The SMILES string of the molecule is CCOc1c(Cl)cc(CNCC(C)C)cc1Cl.[Cl-]. The molecule has 0 saturated heterocycles. The zero-order chi connectivity index (χ0) is 12.8. The number of benzene rings is 1. The van der Waals surface area contributed by atoms with Crippen LogP contribution in [0.3, 0.4) is 0 Å². The van der Waals surface area contributed by atoms with Crippen molar-refractivity contribution >= 4 is 23.2 Å². The lowest BCUT2D eigenvalue weighted by molar-refractivity contribution is -0.00000410. The minimum Gasteiger partial charge on any atom is -1.00 e. The summed E-state index contributed by atoms with van der Waals surface area (Å²) in [6.07, 6.45) is 0. The van der Waals surface area contributed by atoms with Crippen LogP contribution in [0.4, 0.5) is 0 Å². The Morgan fingerprint density at radius 3 is 2.22 bits per heavy atom. The minimum absolute atomic E-state index is 0. The van der Waals surface area contributed by atoms with Gasteiger partial charge in [-0.25, -0.2) is 0 Å². The molecule has 5 heteroatoms. The second kappa shape index (κ2) is 8.87. The van der Waals surface area contributed by atoms with E-state index in [1.807, 2.05) is 19.1 Å². The third kappa shape index (κ3) is 5.66. The molecular weight excluding hydrogens is 293 g/mol. The van der Waals surface area contributed by atoms with Gasteiger partial charge in [0, 0.05) is 6.54 Å². The fourth-order valence-corrected chi connectivity index (χ4v) is 2.14.